The molecule has 178 valence electrons. The molecule has 0 spiro atoms. The van der Waals surface area contributed by atoms with Crippen molar-refractivity contribution in [3.8, 4) is 17.2 Å². The van der Waals surface area contributed by atoms with Crippen LogP contribution < -0.4 is 14.8 Å². The number of hydrogen-bond donors (Lipinski definition) is 1. The number of para-hydroxylation sites is 2. The molecule has 0 heterocycles. The highest BCUT2D eigenvalue weighted by Crippen LogP contribution is 2.30. The molecule has 0 aliphatic rings. The summed E-state index contributed by atoms with van der Waals surface area (Å²) in [6.45, 7) is 3.45. The molecule has 0 aliphatic carbocycles. The molecule has 0 radical (unpaired) electrons. The Bertz CT molecular complexity index is 1260. The average molecular weight is 483 g/mol. The zero-order valence-corrected chi connectivity index (χ0v) is 20.0. The number of hydrogen-bond acceptors (Lipinski definition) is 6. The number of rotatable bonds is 10. The van der Waals surface area contributed by atoms with E-state index in [0.717, 1.165) is 10.1 Å². The van der Waals surface area contributed by atoms with Gasteiger partial charge in [0.05, 0.1) is 23.7 Å². The predicted octanol–water partition coefficient (Wildman–Crippen LogP) is 4.34. The molecule has 9 heteroatoms. The van der Waals surface area contributed by atoms with Gasteiger partial charge in [-0.15, -0.1) is 0 Å². The van der Waals surface area contributed by atoms with Crippen LogP contribution in [0.3, 0.4) is 0 Å². The van der Waals surface area contributed by atoms with Crippen molar-refractivity contribution in [2.75, 3.05) is 25.5 Å². The first-order valence-electron chi connectivity index (χ1n) is 10.6. The van der Waals surface area contributed by atoms with Crippen LogP contribution >= 0.6 is 0 Å². The second-order valence-electron chi connectivity index (χ2n) is 7.39. The summed E-state index contributed by atoms with van der Waals surface area (Å²) in [5.74, 6) is 0.984. The molecular formula is C25H26N2O6S. The third-order valence-corrected chi connectivity index (χ3v) is 6.68. The quantitative estimate of drug-likeness (QED) is 0.431. The maximum atomic E-state index is 12.8. The fourth-order valence-corrected chi connectivity index (χ4v) is 4.20. The van der Waals surface area contributed by atoms with E-state index in [4.69, 9.17) is 9.47 Å². The summed E-state index contributed by atoms with van der Waals surface area (Å²) in [4.78, 5) is 24.0. The number of Topliss-reactive ketones (excluding diaryl/α,β-unsaturated/α-hetero) is 1. The van der Waals surface area contributed by atoms with Gasteiger partial charge in [0, 0.05) is 12.6 Å². The van der Waals surface area contributed by atoms with Crippen molar-refractivity contribution in [3.63, 3.8) is 0 Å². The molecule has 0 saturated carbocycles. The Morgan fingerprint density at radius 2 is 1.53 bits per heavy atom. The smallest absolute Gasteiger partial charge is 0.243 e. The van der Waals surface area contributed by atoms with Gasteiger partial charge in [0.25, 0.3) is 0 Å². The molecule has 0 bridgehead atoms. The minimum Gasteiger partial charge on any atom is -0.494 e. The number of nitrogens with one attached hydrogen (secondary N) is 1. The number of carbonyl (C=O) groups excluding carboxylic acids is 2. The number of carbonyl (C=O) groups is 2. The largest absolute Gasteiger partial charge is 0.494 e. The molecule has 0 saturated heterocycles. The Kier molecular flexibility index (Phi) is 8.04. The Balaban J connectivity index is 1.68. The molecule has 0 aromatic heterocycles. The highest BCUT2D eigenvalue weighted by molar-refractivity contribution is 7.89. The van der Waals surface area contributed by atoms with Crippen LogP contribution in [-0.4, -0.2) is 44.6 Å². The number of likely N-dealkylation sites (N-methyl/N-ethyl adjacent to an activating group) is 1. The third-order valence-electron chi connectivity index (χ3n) is 4.86. The van der Waals surface area contributed by atoms with Crippen LogP contribution in [0, 0.1) is 0 Å². The van der Waals surface area contributed by atoms with Gasteiger partial charge in [0.2, 0.25) is 15.9 Å². The van der Waals surface area contributed by atoms with Gasteiger partial charge in [-0.05, 0) is 62.4 Å². The zero-order valence-electron chi connectivity index (χ0n) is 19.1. The number of ether oxygens (including phenoxy) is 2. The molecule has 1 N–H and O–H groups in total. The first kappa shape index (κ1) is 24.9. The summed E-state index contributed by atoms with van der Waals surface area (Å²) in [5.41, 5.74) is 0.807. The molecule has 0 unspecified atom stereocenters. The summed E-state index contributed by atoms with van der Waals surface area (Å²) < 4.78 is 37.9. The van der Waals surface area contributed by atoms with Crippen molar-refractivity contribution in [1.29, 1.82) is 0 Å². The zero-order chi connectivity index (χ0) is 24.7. The van der Waals surface area contributed by atoms with Gasteiger partial charge in [0.15, 0.2) is 11.5 Å². The highest BCUT2D eigenvalue weighted by Gasteiger charge is 2.23. The van der Waals surface area contributed by atoms with Crippen LogP contribution in [-0.2, 0) is 14.8 Å². The van der Waals surface area contributed by atoms with Crippen molar-refractivity contribution < 1.29 is 27.5 Å². The normalized spacial score (nSPS) is 11.2. The van der Waals surface area contributed by atoms with E-state index in [-0.39, 0.29) is 10.7 Å². The van der Waals surface area contributed by atoms with Crippen LogP contribution in [0.15, 0.2) is 77.7 Å². The summed E-state index contributed by atoms with van der Waals surface area (Å²) in [5, 5.41) is 2.70. The van der Waals surface area contributed by atoms with Gasteiger partial charge in [-0.2, -0.15) is 4.31 Å². The van der Waals surface area contributed by atoms with E-state index in [1.54, 1.807) is 48.5 Å². The minimum absolute atomic E-state index is 0.00738. The predicted molar refractivity (Wildman–Crippen MR) is 129 cm³/mol. The Morgan fingerprint density at radius 1 is 0.912 bits per heavy atom. The Morgan fingerprint density at radius 3 is 2.15 bits per heavy atom. The molecule has 34 heavy (non-hydrogen) atoms. The van der Waals surface area contributed by atoms with Crippen molar-refractivity contribution in [2.45, 2.75) is 18.7 Å². The number of sulfonamides is 1. The number of benzene rings is 3. The molecule has 8 nitrogen and oxygen atoms in total. The van der Waals surface area contributed by atoms with E-state index >= 15 is 0 Å². The summed E-state index contributed by atoms with van der Waals surface area (Å²) in [6.07, 6.45) is 0. The maximum Gasteiger partial charge on any atom is 0.243 e. The van der Waals surface area contributed by atoms with Crippen LogP contribution in [0.1, 0.15) is 24.2 Å². The molecule has 1 amide bonds. The Labute approximate surface area is 199 Å². The maximum absolute atomic E-state index is 12.8. The van der Waals surface area contributed by atoms with E-state index in [9.17, 15) is 18.0 Å². The van der Waals surface area contributed by atoms with Gasteiger partial charge >= 0.3 is 0 Å². The number of amides is 1. The lowest BCUT2D eigenvalue weighted by Gasteiger charge is -2.18. The van der Waals surface area contributed by atoms with E-state index in [2.05, 4.69) is 5.32 Å². The molecule has 3 aromatic carbocycles. The lowest BCUT2D eigenvalue weighted by atomic mass is 10.2. The van der Waals surface area contributed by atoms with Gasteiger partial charge in [0.1, 0.15) is 11.5 Å². The fourth-order valence-electron chi connectivity index (χ4n) is 3.07. The van der Waals surface area contributed by atoms with Gasteiger partial charge in [-0.1, -0.05) is 24.3 Å². The number of ketones is 1. The molecule has 3 rings (SSSR count). The first-order valence-corrected chi connectivity index (χ1v) is 12.0. The summed E-state index contributed by atoms with van der Waals surface area (Å²) in [6, 6.07) is 19.5. The van der Waals surface area contributed by atoms with Crippen molar-refractivity contribution in [3.05, 3.63) is 78.4 Å². The van der Waals surface area contributed by atoms with Crippen LogP contribution in [0.25, 0.3) is 0 Å². The van der Waals surface area contributed by atoms with E-state index in [1.807, 2.05) is 6.92 Å². The second kappa shape index (κ2) is 11.0. The SMILES string of the molecule is CCOc1ccc(Oc2ccccc2NC(=O)CN(C)S(=O)(=O)c2ccc(C(C)=O)cc2)cc1. The first-order chi connectivity index (χ1) is 16.2. The average Bonchev–Trinajstić information content (AvgIpc) is 2.81. The fraction of sp³-hybridized carbons (Fsp3) is 0.200. The molecular weight excluding hydrogens is 456 g/mol. The van der Waals surface area contributed by atoms with Crippen LogP contribution in [0.4, 0.5) is 5.69 Å². The lowest BCUT2D eigenvalue weighted by molar-refractivity contribution is -0.116. The minimum atomic E-state index is -3.92. The number of anilines is 1. The number of nitrogens with zero attached hydrogens (tertiary/aromatic N) is 1. The van der Waals surface area contributed by atoms with Crippen LogP contribution in [0.5, 0.6) is 17.2 Å². The van der Waals surface area contributed by atoms with Gasteiger partial charge in [-0.3, -0.25) is 9.59 Å². The van der Waals surface area contributed by atoms with Crippen LogP contribution in [0.2, 0.25) is 0 Å². The molecule has 0 fully saturated rings. The lowest BCUT2D eigenvalue weighted by Crippen LogP contribution is -2.35. The molecule has 0 aliphatic heterocycles. The Hall–Kier alpha value is -3.69. The summed E-state index contributed by atoms with van der Waals surface area (Å²) >= 11 is 0. The van der Waals surface area contributed by atoms with Crippen molar-refractivity contribution in [1.82, 2.24) is 4.31 Å². The van der Waals surface area contributed by atoms with Crippen molar-refractivity contribution in [2.24, 2.45) is 0 Å². The topological polar surface area (TPSA) is 102 Å². The molecule has 3 aromatic rings. The molecule has 0 atom stereocenters. The van der Waals surface area contributed by atoms with Gasteiger partial charge in [-0.25, -0.2) is 8.42 Å². The van der Waals surface area contributed by atoms with E-state index in [0.29, 0.717) is 29.4 Å². The summed E-state index contributed by atoms with van der Waals surface area (Å²) in [7, 11) is -2.60. The van der Waals surface area contributed by atoms with E-state index in [1.165, 1.54) is 38.2 Å². The standard InChI is InChI=1S/C25H26N2O6S/c1-4-32-20-11-13-21(14-12-20)33-24-8-6-5-7-23(24)26-25(29)17-27(3)34(30,31)22-15-9-19(10-16-22)18(2)28/h5-16H,4,17H2,1-3H3,(H,26,29). The van der Waals surface area contributed by atoms with Crippen molar-refractivity contribution >= 4 is 27.4 Å². The highest BCUT2D eigenvalue weighted by atomic mass is 32.2. The second-order valence-corrected chi connectivity index (χ2v) is 9.44. The van der Waals surface area contributed by atoms with E-state index < -0.39 is 22.5 Å². The third kappa shape index (κ3) is 6.21. The van der Waals surface area contributed by atoms with Gasteiger partial charge < -0.3 is 14.8 Å². The monoisotopic (exact) mass is 482 g/mol.